The van der Waals surface area contributed by atoms with E-state index in [0.717, 1.165) is 30.8 Å². The molecule has 0 aliphatic heterocycles. The molecule has 0 aliphatic rings. The van der Waals surface area contributed by atoms with Gasteiger partial charge in [0.1, 0.15) is 11.5 Å². The first-order valence-electron chi connectivity index (χ1n) is 11.2. The van der Waals surface area contributed by atoms with E-state index in [1.54, 1.807) is 14.2 Å². The van der Waals surface area contributed by atoms with Gasteiger partial charge in [-0.05, 0) is 82.1 Å². The Morgan fingerprint density at radius 3 is 1.75 bits per heavy atom. The molecule has 4 aromatic rings. The number of benzene rings is 4. The lowest BCUT2D eigenvalue weighted by molar-refractivity contribution is 0.414. The molecule has 0 fully saturated rings. The minimum absolute atomic E-state index is 0.866. The van der Waals surface area contributed by atoms with Crippen LogP contribution < -0.4 is 9.47 Å². The van der Waals surface area contributed by atoms with E-state index in [1.165, 1.54) is 38.9 Å². The zero-order chi connectivity index (χ0) is 22.3. The van der Waals surface area contributed by atoms with Crippen molar-refractivity contribution in [3.63, 3.8) is 0 Å². The van der Waals surface area contributed by atoms with Crippen molar-refractivity contribution < 1.29 is 9.47 Å². The van der Waals surface area contributed by atoms with Crippen molar-refractivity contribution in [2.75, 3.05) is 14.2 Å². The molecule has 0 aromatic heterocycles. The number of hydrogen-bond acceptors (Lipinski definition) is 2. The third-order valence-corrected chi connectivity index (χ3v) is 5.91. The molecule has 2 nitrogen and oxygen atoms in total. The maximum Gasteiger partial charge on any atom is 0.118 e. The molecule has 162 valence electrons. The Hall–Kier alpha value is -3.52. The number of hydrogen-bond donors (Lipinski definition) is 0. The highest BCUT2D eigenvalue weighted by Crippen LogP contribution is 2.40. The normalized spacial score (nSPS) is 10.7. The van der Waals surface area contributed by atoms with Crippen molar-refractivity contribution in [1.82, 2.24) is 0 Å². The molecule has 4 aromatic carbocycles. The third kappa shape index (κ3) is 4.70. The molecule has 32 heavy (non-hydrogen) atoms. The topological polar surface area (TPSA) is 18.5 Å². The molecule has 0 saturated carbocycles. The maximum absolute atomic E-state index is 5.40. The van der Waals surface area contributed by atoms with Crippen molar-refractivity contribution >= 4 is 0 Å². The molecular weight excluding hydrogens is 392 g/mol. The van der Waals surface area contributed by atoms with Crippen LogP contribution in [0.25, 0.3) is 33.4 Å². The largest absolute Gasteiger partial charge is 0.497 e. The van der Waals surface area contributed by atoms with Crippen LogP contribution in [0, 0.1) is 0 Å². The molecule has 0 amide bonds. The summed E-state index contributed by atoms with van der Waals surface area (Å²) in [5, 5.41) is 0. The highest BCUT2D eigenvalue weighted by atomic mass is 16.5. The van der Waals surface area contributed by atoms with Gasteiger partial charge in [0.05, 0.1) is 14.2 Å². The fraction of sp³-hybridized carbons (Fsp3) is 0.200. The van der Waals surface area contributed by atoms with Crippen molar-refractivity contribution in [3.8, 4) is 44.9 Å². The van der Waals surface area contributed by atoms with Crippen molar-refractivity contribution in [3.05, 3.63) is 96.6 Å². The Labute approximate surface area is 191 Å². The first kappa shape index (κ1) is 21.7. The molecule has 0 atom stereocenters. The summed E-state index contributed by atoms with van der Waals surface area (Å²) in [7, 11) is 3.41. The summed E-state index contributed by atoms with van der Waals surface area (Å²) >= 11 is 0. The van der Waals surface area contributed by atoms with E-state index in [1.807, 2.05) is 24.3 Å². The van der Waals surface area contributed by atoms with Gasteiger partial charge >= 0.3 is 0 Å². The second-order valence-corrected chi connectivity index (χ2v) is 7.98. The lowest BCUT2D eigenvalue weighted by atomic mass is 9.85. The van der Waals surface area contributed by atoms with Crippen LogP contribution >= 0.6 is 0 Å². The molecule has 4 rings (SSSR count). The van der Waals surface area contributed by atoms with Crippen LogP contribution in [-0.2, 0) is 6.42 Å². The van der Waals surface area contributed by atoms with E-state index in [0.29, 0.717) is 0 Å². The SMILES string of the molecule is CCCCc1cc(-c2ccccc2)cc(-c2ccc(OC)cc2)c1-c1ccc(OC)cc1. The van der Waals surface area contributed by atoms with Gasteiger partial charge < -0.3 is 9.47 Å². The van der Waals surface area contributed by atoms with E-state index >= 15 is 0 Å². The smallest absolute Gasteiger partial charge is 0.118 e. The fourth-order valence-corrected chi connectivity index (χ4v) is 4.16. The Bertz CT molecular complexity index is 1140. The number of methoxy groups -OCH3 is 2. The van der Waals surface area contributed by atoms with Crippen LogP contribution in [0.4, 0.5) is 0 Å². The second-order valence-electron chi connectivity index (χ2n) is 7.98. The van der Waals surface area contributed by atoms with Gasteiger partial charge in [-0.3, -0.25) is 0 Å². The van der Waals surface area contributed by atoms with Gasteiger partial charge in [0.15, 0.2) is 0 Å². The van der Waals surface area contributed by atoms with Gasteiger partial charge in [-0.1, -0.05) is 74.0 Å². The lowest BCUT2D eigenvalue weighted by Gasteiger charge is -2.19. The van der Waals surface area contributed by atoms with Gasteiger partial charge in [-0.2, -0.15) is 0 Å². The minimum Gasteiger partial charge on any atom is -0.497 e. The predicted octanol–water partition coefficient (Wildman–Crippen LogP) is 8.05. The van der Waals surface area contributed by atoms with Gasteiger partial charge in [0.2, 0.25) is 0 Å². The first-order chi connectivity index (χ1) is 15.7. The van der Waals surface area contributed by atoms with Crippen LogP contribution in [-0.4, -0.2) is 14.2 Å². The zero-order valence-corrected chi connectivity index (χ0v) is 19.1. The van der Waals surface area contributed by atoms with Crippen LogP contribution in [0.5, 0.6) is 11.5 Å². The summed E-state index contributed by atoms with van der Waals surface area (Å²) < 4.78 is 10.8. The second kappa shape index (κ2) is 10.2. The van der Waals surface area contributed by atoms with E-state index in [-0.39, 0.29) is 0 Å². The molecule has 0 radical (unpaired) electrons. The van der Waals surface area contributed by atoms with Gasteiger partial charge in [0, 0.05) is 0 Å². The fourth-order valence-electron chi connectivity index (χ4n) is 4.16. The number of ether oxygens (including phenoxy) is 2. The monoisotopic (exact) mass is 422 g/mol. The third-order valence-electron chi connectivity index (χ3n) is 5.91. The highest BCUT2D eigenvalue weighted by molar-refractivity contribution is 5.89. The number of unbranched alkanes of at least 4 members (excludes halogenated alkanes) is 1. The van der Waals surface area contributed by atoms with E-state index < -0.39 is 0 Å². The summed E-state index contributed by atoms with van der Waals surface area (Å²) in [5.74, 6) is 1.74. The molecule has 0 heterocycles. The average Bonchev–Trinajstić information content (AvgIpc) is 2.87. The summed E-state index contributed by atoms with van der Waals surface area (Å²) in [6.45, 7) is 2.25. The van der Waals surface area contributed by atoms with Gasteiger partial charge in [0.25, 0.3) is 0 Å². The van der Waals surface area contributed by atoms with Crippen LogP contribution in [0.3, 0.4) is 0 Å². The zero-order valence-electron chi connectivity index (χ0n) is 19.1. The summed E-state index contributed by atoms with van der Waals surface area (Å²) in [4.78, 5) is 0. The molecule has 0 aliphatic carbocycles. The van der Waals surface area contributed by atoms with Crippen molar-refractivity contribution in [2.45, 2.75) is 26.2 Å². The van der Waals surface area contributed by atoms with Crippen LogP contribution in [0.15, 0.2) is 91.0 Å². The lowest BCUT2D eigenvalue weighted by Crippen LogP contribution is -1.97. The maximum atomic E-state index is 5.40. The first-order valence-corrected chi connectivity index (χ1v) is 11.2. The summed E-state index contributed by atoms with van der Waals surface area (Å²) in [6, 6.07) is 32.1. The van der Waals surface area contributed by atoms with E-state index in [4.69, 9.17) is 9.47 Å². The highest BCUT2D eigenvalue weighted by Gasteiger charge is 2.16. The van der Waals surface area contributed by atoms with Crippen molar-refractivity contribution in [1.29, 1.82) is 0 Å². The predicted molar refractivity (Wildman–Crippen MR) is 134 cm³/mol. The summed E-state index contributed by atoms with van der Waals surface area (Å²) in [5.41, 5.74) is 8.80. The molecule has 0 bridgehead atoms. The number of aryl methyl sites for hydroxylation is 1. The molecule has 0 N–H and O–H groups in total. The van der Waals surface area contributed by atoms with Gasteiger partial charge in [-0.15, -0.1) is 0 Å². The van der Waals surface area contributed by atoms with Crippen molar-refractivity contribution in [2.24, 2.45) is 0 Å². The van der Waals surface area contributed by atoms with Crippen LogP contribution in [0.2, 0.25) is 0 Å². The standard InChI is InChI=1S/C30H30O2/c1-4-5-9-25-20-26(22-10-7-6-8-11-22)21-29(23-12-16-27(31-2)17-13-23)30(25)24-14-18-28(32-3)19-15-24/h6-8,10-21H,4-5,9H2,1-3H3. The Morgan fingerprint density at radius 1 is 0.594 bits per heavy atom. The summed E-state index contributed by atoms with van der Waals surface area (Å²) in [6.07, 6.45) is 3.36. The Kier molecular flexibility index (Phi) is 6.91. The minimum atomic E-state index is 0.866. The quantitative estimate of drug-likeness (QED) is 0.286. The van der Waals surface area contributed by atoms with Gasteiger partial charge in [-0.25, -0.2) is 0 Å². The molecule has 0 spiro atoms. The van der Waals surface area contributed by atoms with E-state index in [9.17, 15) is 0 Å². The van der Waals surface area contributed by atoms with E-state index in [2.05, 4.69) is 73.7 Å². The molecule has 0 saturated heterocycles. The average molecular weight is 423 g/mol. The molecular formula is C30H30O2. The van der Waals surface area contributed by atoms with Crippen LogP contribution in [0.1, 0.15) is 25.3 Å². The molecule has 2 heteroatoms. The number of rotatable bonds is 8. The molecule has 0 unspecified atom stereocenters. The Morgan fingerprint density at radius 2 is 1.19 bits per heavy atom. The Balaban J connectivity index is 1.96.